The second-order valence-corrected chi connectivity index (χ2v) is 5.51. The second-order valence-electron chi connectivity index (χ2n) is 5.51. The zero-order chi connectivity index (χ0) is 18.9. The summed E-state index contributed by atoms with van der Waals surface area (Å²) in [7, 11) is 0. The van der Waals surface area contributed by atoms with Crippen molar-refractivity contribution in [3.05, 3.63) is 96.1 Å². The van der Waals surface area contributed by atoms with Gasteiger partial charge in [0.25, 0.3) is 0 Å². The normalized spacial score (nSPS) is 10.4. The third-order valence-electron chi connectivity index (χ3n) is 3.51. The van der Waals surface area contributed by atoms with Crippen molar-refractivity contribution in [1.82, 2.24) is 5.43 Å². The number of hydrazone groups is 1. The Bertz CT molecular complexity index is 924. The van der Waals surface area contributed by atoms with Crippen molar-refractivity contribution >= 4 is 23.9 Å². The van der Waals surface area contributed by atoms with Crippen molar-refractivity contribution in [2.75, 3.05) is 5.32 Å². The summed E-state index contributed by atoms with van der Waals surface area (Å²) < 4.78 is 5.30. The van der Waals surface area contributed by atoms with Gasteiger partial charge in [-0.05, 0) is 54.1 Å². The van der Waals surface area contributed by atoms with Gasteiger partial charge < -0.3 is 10.1 Å². The number of carbonyl (C=O) groups is 2. The molecule has 0 aliphatic heterocycles. The Morgan fingerprint density at radius 3 is 2.11 bits per heavy atom. The standard InChI is InChI=1S/C21H17N3O3/c25-20(17-7-3-1-4-8-17)27-19-13-11-16(12-14-19)15-22-24-21(26)23-18-9-5-2-6-10-18/h1-15H,(H2,23,24,26)/b22-15-. The Morgan fingerprint density at radius 1 is 0.815 bits per heavy atom. The number of esters is 1. The van der Waals surface area contributed by atoms with E-state index in [1.165, 1.54) is 6.21 Å². The molecule has 0 saturated heterocycles. The Kier molecular flexibility index (Phi) is 5.93. The maximum absolute atomic E-state index is 12.0. The summed E-state index contributed by atoms with van der Waals surface area (Å²) in [5.74, 6) is 0.00653. The fraction of sp³-hybridized carbons (Fsp3) is 0. The minimum Gasteiger partial charge on any atom is -0.423 e. The summed E-state index contributed by atoms with van der Waals surface area (Å²) in [4.78, 5) is 23.7. The SMILES string of the molecule is O=C(N/N=C\c1ccc(OC(=O)c2ccccc2)cc1)Nc1ccccc1. The molecule has 0 aromatic heterocycles. The molecule has 27 heavy (non-hydrogen) atoms. The van der Waals surface area contributed by atoms with Gasteiger partial charge in [0.05, 0.1) is 11.8 Å². The summed E-state index contributed by atoms with van der Waals surface area (Å²) in [6.45, 7) is 0. The molecule has 0 heterocycles. The first-order chi connectivity index (χ1) is 13.2. The van der Waals surface area contributed by atoms with E-state index in [1.807, 2.05) is 24.3 Å². The zero-order valence-corrected chi connectivity index (χ0v) is 14.3. The van der Waals surface area contributed by atoms with E-state index in [1.54, 1.807) is 60.7 Å². The number of anilines is 1. The van der Waals surface area contributed by atoms with Gasteiger partial charge in [0, 0.05) is 5.69 Å². The number of urea groups is 1. The first kappa shape index (κ1) is 17.9. The largest absolute Gasteiger partial charge is 0.423 e. The molecule has 0 spiro atoms. The van der Waals surface area contributed by atoms with Crippen LogP contribution in [-0.2, 0) is 0 Å². The molecule has 2 N–H and O–H groups in total. The monoisotopic (exact) mass is 359 g/mol. The van der Waals surface area contributed by atoms with Crippen LogP contribution in [0.2, 0.25) is 0 Å². The van der Waals surface area contributed by atoms with Crippen LogP contribution < -0.4 is 15.5 Å². The third kappa shape index (κ3) is 5.54. The van der Waals surface area contributed by atoms with Crippen molar-refractivity contribution in [3.8, 4) is 5.75 Å². The number of carbonyl (C=O) groups excluding carboxylic acids is 2. The van der Waals surface area contributed by atoms with Gasteiger partial charge in [-0.25, -0.2) is 15.0 Å². The molecule has 0 saturated carbocycles. The number of ether oxygens (including phenoxy) is 1. The van der Waals surface area contributed by atoms with Crippen molar-refractivity contribution in [3.63, 3.8) is 0 Å². The molecule has 0 unspecified atom stereocenters. The molecule has 0 fully saturated rings. The molecule has 0 bridgehead atoms. The van der Waals surface area contributed by atoms with Crippen LogP contribution in [0.25, 0.3) is 0 Å². The number of para-hydroxylation sites is 1. The fourth-order valence-corrected chi connectivity index (χ4v) is 2.21. The quantitative estimate of drug-likeness (QED) is 0.312. The number of rotatable bonds is 5. The number of benzene rings is 3. The summed E-state index contributed by atoms with van der Waals surface area (Å²) in [5.41, 5.74) is 4.29. The highest BCUT2D eigenvalue weighted by molar-refractivity contribution is 5.91. The van der Waals surface area contributed by atoms with Crippen LogP contribution >= 0.6 is 0 Å². The maximum Gasteiger partial charge on any atom is 0.343 e. The van der Waals surface area contributed by atoms with Gasteiger partial charge in [-0.15, -0.1) is 0 Å². The number of nitrogens with one attached hydrogen (secondary N) is 2. The summed E-state index contributed by atoms with van der Waals surface area (Å²) in [6.07, 6.45) is 1.49. The van der Waals surface area contributed by atoms with E-state index >= 15 is 0 Å². The van der Waals surface area contributed by atoms with E-state index in [0.717, 1.165) is 5.56 Å². The van der Waals surface area contributed by atoms with Crippen molar-refractivity contribution in [2.45, 2.75) is 0 Å². The minimum absolute atomic E-state index is 0.420. The van der Waals surface area contributed by atoms with Gasteiger partial charge in [0.2, 0.25) is 0 Å². The topological polar surface area (TPSA) is 79.8 Å². The van der Waals surface area contributed by atoms with Crippen molar-refractivity contribution < 1.29 is 14.3 Å². The molecular weight excluding hydrogens is 342 g/mol. The van der Waals surface area contributed by atoms with Crippen LogP contribution in [-0.4, -0.2) is 18.2 Å². The first-order valence-electron chi connectivity index (χ1n) is 8.23. The molecular formula is C21H17N3O3. The fourth-order valence-electron chi connectivity index (χ4n) is 2.21. The number of hydrogen-bond donors (Lipinski definition) is 2. The predicted octanol–water partition coefficient (Wildman–Crippen LogP) is 4.06. The smallest absolute Gasteiger partial charge is 0.343 e. The molecule has 0 atom stereocenters. The lowest BCUT2D eigenvalue weighted by Gasteiger charge is -2.05. The molecule has 6 heteroatoms. The van der Waals surface area contributed by atoms with Crippen molar-refractivity contribution in [2.24, 2.45) is 5.10 Å². The Balaban J connectivity index is 1.50. The first-order valence-corrected chi connectivity index (χ1v) is 8.23. The lowest BCUT2D eigenvalue weighted by Crippen LogP contribution is -2.24. The molecule has 0 radical (unpaired) electrons. The average Bonchev–Trinajstić information content (AvgIpc) is 2.71. The average molecular weight is 359 g/mol. The molecule has 0 aliphatic rings. The zero-order valence-electron chi connectivity index (χ0n) is 14.3. The van der Waals surface area contributed by atoms with Crippen molar-refractivity contribution in [1.29, 1.82) is 0 Å². The van der Waals surface area contributed by atoms with E-state index in [-0.39, 0.29) is 0 Å². The Morgan fingerprint density at radius 2 is 1.44 bits per heavy atom. The Hall–Kier alpha value is -3.93. The van der Waals surface area contributed by atoms with Crippen LogP contribution in [0.4, 0.5) is 10.5 Å². The molecule has 134 valence electrons. The van der Waals surface area contributed by atoms with E-state index in [0.29, 0.717) is 17.0 Å². The number of nitrogens with zero attached hydrogens (tertiary/aromatic N) is 1. The lowest BCUT2D eigenvalue weighted by atomic mass is 10.2. The van der Waals surface area contributed by atoms with Crippen LogP contribution in [0.1, 0.15) is 15.9 Å². The second kappa shape index (κ2) is 8.96. The van der Waals surface area contributed by atoms with Gasteiger partial charge >= 0.3 is 12.0 Å². The number of amides is 2. The van der Waals surface area contributed by atoms with E-state index in [9.17, 15) is 9.59 Å². The summed E-state index contributed by atoms with van der Waals surface area (Å²) in [5, 5.41) is 6.53. The molecule has 2 amide bonds. The molecule has 3 aromatic rings. The van der Waals surface area contributed by atoms with Gasteiger partial charge in [0.1, 0.15) is 5.75 Å². The highest BCUT2D eigenvalue weighted by Gasteiger charge is 2.07. The van der Waals surface area contributed by atoms with Crippen LogP contribution in [0, 0.1) is 0 Å². The molecule has 3 aromatic carbocycles. The maximum atomic E-state index is 12.0. The molecule has 0 aliphatic carbocycles. The van der Waals surface area contributed by atoms with E-state index in [2.05, 4.69) is 15.8 Å². The van der Waals surface area contributed by atoms with Crippen LogP contribution in [0.3, 0.4) is 0 Å². The highest BCUT2D eigenvalue weighted by atomic mass is 16.5. The minimum atomic E-state index is -0.439. The van der Waals surface area contributed by atoms with Gasteiger partial charge in [-0.2, -0.15) is 5.10 Å². The Labute approximate surface area is 156 Å². The van der Waals surface area contributed by atoms with Gasteiger partial charge in [-0.3, -0.25) is 0 Å². The predicted molar refractivity (Wildman–Crippen MR) is 104 cm³/mol. The van der Waals surface area contributed by atoms with Crippen LogP contribution in [0.5, 0.6) is 5.75 Å². The van der Waals surface area contributed by atoms with Gasteiger partial charge in [-0.1, -0.05) is 36.4 Å². The third-order valence-corrected chi connectivity index (χ3v) is 3.51. The molecule has 6 nitrogen and oxygen atoms in total. The summed E-state index contributed by atoms with van der Waals surface area (Å²) >= 11 is 0. The number of hydrogen-bond acceptors (Lipinski definition) is 4. The van der Waals surface area contributed by atoms with Crippen LogP contribution in [0.15, 0.2) is 90.0 Å². The van der Waals surface area contributed by atoms with Gasteiger partial charge in [0.15, 0.2) is 0 Å². The molecule has 3 rings (SSSR count). The van der Waals surface area contributed by atoms with E-state index < -0.39 is 12.0 Å². The van der Waals surface area contributed by atoms with E-state index in [4.69, 9.17) is 4.74 Å². The summed E-state index contributed by atoms with van der Waals surface area (Å²) in [6, 6.07) is 24.2. The lowest BCUT2D eigenvalue weighted by molar-refractivity contribution is 0.0734. The highest BCUT2D eigenvalue weighted by Crippen LogP contribution is 2.13.